The largest absolute Gasteiger partial charge is 0.383 e. The number of benzene rings is 1. The zero-order valence-electron chi connectivity index (χ0n) is 10.6. The highest BCUT2D eigenvalue weighted by atomic mass is 16.5. The van der Waals surface area contributed by atoms with Crippen molar-refractivity contribution in [1.82, 2.24) is 10.6 Å². The predicted octanol–water partition coefficient (Wildman–Crippen LogP) is 1.10. The van der Waals surface area contributed by atoms with Gasteiger partial charge >= 0.3 is 0 Å². The molecular weight excluding hydrogens is 216 g/mol. The average molecular weight is 236 g/mol. The molecular formula is C13H20N2O2. The minimum Gasteiger partial charge on any atom is -0.383 e. The molecule has 0 saturated heterocycles. The average Bonchev–Trinajstić information content (AvgIpc) is 2.38. The fraction of sp³-hybridized carbons (Fsp3) is 0.462. The van der Waals surface area contributed by atoms with Gasteiger partial charge in [0.2, 0.25) is 5.91 Å². The molecule has 17 heavy (non-hydrogen) atoms. The van der Waals surface area contributed by atoms with Crippen LogP contribution < -0.4 is 10.6 Å². The first kappa shape index (κ1) is 13.7. The van der Waals surface area contributed by atoms with Crippen molar-refractivity contribution in [3.63, 3.8) is 0 Å². The maximum absolute atomic E-state index is 11.5. The Morgan fingerprint density at radius 3 is 2.53 bits per heavy atom. The van der Waals surface area contributed by atoms with Crippen molar-refractivity contribution in [2.24, 2.45) is 0 Å². The van der Waals surface area contributed by atoms with Gasteiger partial charge in [-0.2, -0.15) is 0 Å². The van der Waals surface area contributed by atoms with E-state index in [2.05, 4.69) is 10.6 Å². The van der Waals surface area contributed by atoms with E-state index in [9.17, 15) is 4.79 Å². The van der Waals surface area contributed by atoms with Gasteiger partial charge in [-0.15, -0.1) is 0 Å². The van der Waals surface area contributed by atoms with E-state index in [1.165, 1.54) is 0 Å². The maximum Gasteiger partial charge on any atom is 0.236 e. The monoisotopic (exact) mass is 236 g/mol. The SMILES string of the molecule is CNC(=O)C(C)NC(COC)c1ccccc1. The Hall–Kier alpha value is -1.39. The van der Waals surface area contributed by atoms with E-state index in [0.717, 1.165) is 5.56 Å². The molecule has 1 aromatic carbocycles. The summed E-state index contributed by atoms with van der Waals surface area (Å²) >= 11 is 0. The third-order valence-corrected chi connectivity index (χ3v) is 2.63. The van der Waals surface area contributed by atoms with E-state index in [0.29, 0.717) is 6.61 Å². The number of amides is 1. The Bertz CT molecular complexity index is 341. The van der Waals surface area contributed by atoms with Gasteiger partial charge in [-0.25, -0.2) is 0 Å². The normalized spacial score (nSPS) is 14.1. The van der Waals surface area contributed by atoms with Crippen LogP contribution in [0.5, 0.6) is 0 Å². The molecule has 0 heterocycles. The summed E-state index contributed by atoms with van der Waals surface area (Å²) in [5, 5.41) is 5.87. The lowest BCUT2D eigenvalue weighted by molar-refractivity contribution is -0.122. The van der Waals surface area contributed by atoms with Crippen LogP contribution in [-0.2, 0) is 9.53 Å². The first-order chi connectivity index (χ1) is 8.19. The van der Waals surface area contributed by atoms with Gasteiger partial charge in [0, 0.05) is 14.2 Å². The molecule has 1 aromatic rings. The van der Waals surface area contributed by atoms with Crippen LogP contribution in [-0.4, -0.2) is 32.7 Å². The van der Waals surface area contributed by atoms with Crippen LogP contribution in [0.3, 0.4) is 0 Å². The molecule has 0 aromatic heterocycles. The van der Waals surface area contributed by atoms with E-state index in [-0.39, 0.29) is 18.0 Å². The van der Waals surface area contributed by atoms with Crippen molar-refractivity contribution in [1.29, 1.82) is 0 Å². The zero-order valence-corrected chi connectivity index (χ0v) is 10.6. The van der Waals surface area contributed by atoms with Crippen molar-refractivity contribution in [3.05, 3.63) is 35.9 Å². The fourth-order valence-corrected chi connectivity index (χ4v) is 1.69. The van der Waals surface area contributed by atoms with E-state index < -0.39 is 0 Å². The Morgan fingerprint density at radius 2 is 2.00 bits per heavy atom. The molecule has 0 aliphatic rings. The number of ether oxygens (including phenoxy) is 1. The van der Waals surface area contributed by atoms with Crippen molar-refractivity contribution < 1.29 is 9.53 Å². The minimum atomic E-state index is -0.250. The number of hydrogen-bond donors (Lipinski definition) is 2. The summed E-state index contributed by atoms with van der Waals surface area (Å²) in [6, 6.07) is 9.73. The zero-order chi connectivity index (χ0) is 12.7. The summed E-state index contributed by atoms with van der Waals surface area (Å²) in [6.07, 6.45) is 0. The number of likely N-dealkylation sites (N-methyl/N-ethyl adjacent to an activating group) is 1. The van der Waals surface area contributed by atoms with Gasteiger partial charge in [-0.3, -0.25) is 10.1 Å². The molecule has 0 spiro atoms. The van der Waals surface area contributed by atoms with Crippen LogP contribution in [0, 0.1) is 0 Å². The van der Waals surface area contributed by atoms with Crippen LogP contribution in [0.4, 0.5) is 0 Å². The molecule has 1 rings (SSSR count). The van der Waals surface area contributed by atoms with Crippen molar-refractivity contribution >= 4 is 5.91 Å². The van der Waals surface area contributed by atoms with Crippen LogP contribution in [0.15, 0.2) is 30.3 Å². The number of rotatable bonds is 6. The fourth-order valence-electron chi connectivity index (χ4n) is 1.69. The molecule has 0 aliphatic carbocycles. The lowest BCUT2D eigenvalue weighted by Crippen LogP contribution is -2.43. The van der Waals surface area contributed by atoms with Gasteiger partial charge in [-0.1, -0.05) is 30.3 Å². The second-order valence-electron chi connectivity index (χ2n) is 3.92. The summed E-state index contributed by atoms with van der Waals surface area (Å²) in [5.74, 6) is -0.0259. The van der Waals surface area contributed by atoms with Gasteiger partial charge in [-0.05, 0) is 12.5 Å². The van der Waals surface area contributed by atoms with E-state index in [4.69, 9.17) is 4.74 Å². The van der Waals surface area contributed by atoms with Crippen LogP contribution in [0.25, 0.3) is 0 Å². The molecule has 2 unspecified atom stereocenters. The van der Waals surface area contributed by atoms with E-state index in [1.54, 1.807) is 14.2 Å². The maximum atomic E-state index is 11.5. The number of hydrogen-bond acceptors (Lipinski definition) is 3. The van der Waals surface area contributed by atoms with Crippen molar-refractivity contribution in [2.45, 2.75) is 19.0 Å². The molecule has 0 radical (unpaired) electrons. The first-order valence-electron chi connectivity index (χ1n) is 5.70. The smallest absolute Gasteiger partial charge is 0.236 e. The second-order valence-corrected chi connectivity index (χ2v) is 3.92. The number of carbonyl (C=O) groups excluding carboxylic acids is 1. The predicted molar refractivity (Wildman–Crippen MR) is 67.7 cm³/mol. The summed E-state index contributed by atoms with van der Waals surface area (Å²) in [5.41, 5.74) is 1.12. The van der Waals surface area contributed by atoms with Gasteiger partial charge in [0.1, 0.15) is 0 Å². The molecule has 1 amide bonds. The lowest BCUT2D eigenvalue weighted by Gasteiger charge is -2.22. The summed E-state index contributed by atoms with van der Waals surface area (Å²) in [4.78, 5) is 11.5. The van der Waals surface area contributed by atoms with Gasteiger partial charge in [0.25, 0.3) is 0 Å². The number of nitrogens with one attached hydrogen (secondary N) is 2. The summed E-state index contributed by atoms with van der Waals surface area (Å²) < 4.78 is 5.18. The Balaban J connectivity index is 2.70. The van der Waals surface area contributed by atoms with Crippen molar-refractivity contribution in [3.8, 4) is 0 Å². The Labute approximate surface area is 102 Å². The molecule has 0 fully saturated rings. The van der Waals surface area contributed by atoms with Crippen molar-refractivity contribution in [2.75, 3.05) is 20.8 Å². The summed E-state index contributed by atoms with van der Waals surface area (Å²) in [7, 11) is 3.29. The summed E-state index contributed by atoms with van der Waals surface area (Å²) in [6.45, 7) is 2.37. The van der Waals surface area contributed by atoms with Gasteiger partial charge in [0.15, 0.2) is 0 Å². The third kappa shape index (κ3) is 4.17. The molecule has 4 heteroatoms. The highest BCUT2D eigenvalue weighted by Crippen LogP contribution is 2.13. The molecule has 2 N–H and O–H groups in total. The first-order valence-corrected chi connectivity index (χ1v) is 5.70. The topological polar surface area (TPSA) is 50.4 Å². The molecule has 0 saturated carbocycles. The van der Waals surface area contributed by atoms with Crippen LogP contribution >= 0.6 is 0 Å². The van der Waals surface area contributed by atoms with Gasteiger partial charge < -0.3 is 10.1 Å². The Morgan fingerprint density at radius 1 is 1.35 bits per heavy atom. The standard InChI is InChI=1S/C13H20N2O2/c1-10(13(16)14-2)15-12(9-17-3)11-7-5-4-6-8-11/h4-8,10,12,15H,9H2,1-3H3,(H,14,16). The molecule has 0 aliphatic heterocycles. The van der Waals surface area contributed by atoms with Crippen LogP contribution in [0.2, 0.25) is 0 Å². The Kier molecular flexibility index (Phi) is 5.66. The third-order valence-electron chi connectivity index (χ3n) is 2.63. The lowest BCUT2D eigenvalue weighted by atomic mass is 10.1. The highest BCUT2D eigenvalue weighted by Gasteiger charge is 2.17. The number of methoxy groups -OCH3 is 1. The molecule has 94 valence electrons. The molecule has 2 atom stereocenters. The van der Waals surface area contributed by atoms with E-state index in [1.807, 2.05) is 37.3 Å². The van der Waals surface area contributed by atoms with Crippen LogP contribution in [0.1, 0.15) is 18.5 Å². The minimum absolute atomic E-state index is 0.0218. The highest BCUT2D eigenvalue weighted by molar-refractivity contribution is 5.80. The van der Waals surface area contributed by atoms with Gasteiger partial charge in [0.05, 0.1) is 18.7 Å². The second kappa shape index (κ2) is 7.04. The molecule has 0 bridgehead atoms. The number of carbonyl (C=O) groups is 1. The van der Waals surface area contributed by atoms with E-state index >= 15 is 0 Å². The molecule has 4 nitrogen and oxygen atoms in total. The quantitative estimate of drug-likeness (QED) is 0.777.